The van der Waals surface area contributed by atoms with Gasteiger partial charge in [-0.2, -0.15) is 0 Å². The topological polar surface area (TPSA) is 69.6 Å². The maximum absolute atomic E-state index is 12.2. The molecular weight excluding hydrogens is 266 g/mol. The summed E-state index contributed by atoms with van der Waals surface area (Å²) in [6, 6.07) is 5.27. The minimum atomic E-state index is -0.0942. The highest BCUT2D eigenvalue weighted by atomic mass is 16.3. The average Bonchev–Trinajstić information content (AvgIpc) is 3.09. The lowest BCUT2D eigenvalue weighted by atomic mass is 9.86. The van der Waals surface area contributed by atoms with Crippen LogP contribution in [0.1, 0.15) is 43.2 Å². The van der Waals surface area contributed by atoms with Crippen molar-refractivity contribution in [2.75, 3.05) is 5.32 Å². The van der Waals surface area contributed by atoms with Gasteiger partial charge in [0.05, 0.1) is 13.2 Å². The number of carbonyl (C=O) groups excluding carboxylic acids is 1. The van der Waals surface area contributed by atoms with Crippen LogP contribution in [0.5, 0.6) is 0 Å². The van der Waals surface area contributed by atoms with Gasteiger partial charge in [-0.15, -0.1) is 0 Å². The first kappa shape index (κ1) is 14.5. The van der Waals surface area contributed by atoms with E-state index in [4.69, 9.17) is 0 Å². The summed E-state index contributed by atoms with van der Waals surface area (Å²) < 4.78 is 0. The molecule has 4 heteroatoms. The molecule has 0 aromatic heterocycles. The Morgan fingerprint density at radius 2 is 1.81 bits per heavy atom. The van der Waals surface area contributed by atoms with E-state index in [0.717, 1.165) is 11.8 Å². The third-order valence-electron chi connectivity index (χ3n) is 5.03. The molecule has 4 nitrogen and oxygen atoms in total. The molecule has 2 aliphatic rings. The van der Waals surface area contributed by atoms with E-state index in [1.807, 2.05) is 0 Å². The lowest BCUT2D eigenvalue weighted by molar-refractivity contribution is -0.117. The highest BCUT2D eigenvalue weighted by molar-refractivity contribution is 5.91. The zero-order chi connectivity index (χ0) is 14.8. The van der Waals surface area contributed by atoms with E-state index < -0.39 is 0 Å². The van der Waals surface area contributed by atoms with Crippen molar-refractivity contribution in [1.82, 2.24) is 0 Å². The molecule has 0 spiro atoms. The predicted octanol–water partition coefficient (Wildman–Crippen LogP) is 2.44. The van der Waals surface area contributed by atoms with E-state index in [1.54, 1.807) is 18.2 Å². The Hall–Kier alpha value is -1.39. The summed E-state index contributed by atoms with van der Waals surface area (Å²) in [4.78, 5) is 12.2. The van der Waals surface area contributed by atoms with Crippen LogP contribution in [-0.4, -0.2) is 16.1 Å². The number of carbonyl (C=O) groups is 1. The van der Waals surface area contributed by atoms with Gasteiger partial charge in [0.2, 0.25) is 5.91 Å². The fourth-order valence-electron chi connectivity index (χ4n) is 4.09. The highest BCUT2D eigenvalue weighted by Gasteiger charge is 2.40. The molecule has 3 N–H and O–H groups in total. The van der Waals surface area contributed by atoms with E-state index in [2.05, 4.69) is 5.32 Å². The summed E-state index contributed by atoms with van der Waals surface area (Å²) in [5.74, 6) is 2.19. The summed E-state index contributed by atoms with van der Waals surface area (Å²) in [7, 11) is 0. The quantitative estimate of drug-likeness (QED) is 0.779. The summed E-state index contributed by atoms with van der Waals surface area (Å²) in [5, 5.41) is 21.4. The molecule has 2 bridgehead atoms. The van der Waals surface area contributed by atoms with Gasteiger partial charge in [-0.1, -0.05) is 12.5 Å². The molecule has 1 amide bonds. The van der Waals surface area contributed by atoms with Crippen LogP contribution < -0.4 is 5.32 Å². The number of nitrogens with one attached hydrogen (secondary N) is 1. The second-order valence-electron chi connectivity index (χ2n) is 6.54. The monoisotopic (exact) mass is 289 g/mol. The molecule has 1 aromatic carbocycles. The van der Waals surface area contributed by atoms with Crippen LogP contribution in [0, 0.1) is 17.8 Å². The van der Waals surface area contributed by atoms with Crippen molar-refractivity contribution in [3.63, 3.8) is 0 Å². The van der Waals surface area contributed by atoms with Gasteiger partial charge in [0.1, 0.15) is 0 Å². The number of aliphatic hydroxyl groups is 2. The Balaban J connectivity index is 1.61. The van der Waals surface area contributed by atoms with Crippen molar-refractivity contribution in [2.24, 2.45) is 17.8 Å². The highest BCUT2D eigenvalue weighted by Crippen LogP contribution is 2.49. The zero-order valence-corrected chi connectivity index (χ0v) is 12.2. The van der Waals surface area contributed by atoms with Gasteiger partial charge in [-0.25, -0.2) is 0 Å². The third kappa shape index (κ3) is 3.27. The number of hydrogen-bond donors (Lipinski definition) is 3. The van der Waals surface area contributed by atoms with Gasteiger partial charge in [0, 0.05) is 12.1 Å². The van der Waals surface area contributed by atoms with Gasteiger partial charge >= 0.3 is 0 Å². The van der Waals surface area contributed by atoms with Gasteiger partial charge < -0.3 is 15.5 Å². The van der Waals surface area contributed by atoms with Crippen molar-refractivity contribution in [1.29, 1.82) is 0 Å². The number of rotatable bonds is 5. The zero-order valence-electron chi connectivity index (χ0n) is 12.2. The largest absolute Gasteiger partial charge is 0.392 e. The van der Waals surface area contributed by atoms with Crippen LogP contribution in [0.3, 0.4) is 0 Å². The number of anilines is 1. The first-order chi connectivity index (χ1) is 10.2. The number of hydrogen-bond acceptors (Lipinski definition) is 3. The molecule has 3 rings (SSSR count). The number of fused-ring (bicyclic) bond motifs is 2. The maximum Gasteiger partial charge on any atom is 0.224 e. The molecule has 2 saturated carbocycles. The lowest BCUT2D eigenvalue weighted by Crippen LogP contribution is -2.20. The number of amides is 1. The summed E-state index contributed by atoms with van der Waals surface area (Å²) >= 11 is 0. The molecular formula is C17H23NO3. The minimum absolute atomic E-state index is 0.0477. The molecule has 0 saturated heterocycles. The standard InChI is InChI=1S/C17H23NO3/c19-9-12-3-13(10-20)7-16(6-12)18-17(21)8-15-5-11-1-2-14(15)4-11/h3,6-7,11,14-15,19-20H,1-2,4-5,8-10H2,(H,18,21). The van der Waals surface area contributed by atoms with Gasteiger partial charge in [0.25, 0.3) is 0 Å². The van der Waals surface area contributed by atoms with Crippen molar-refractivity contribution in [3.8, 4) is 0 Å². The van der Waals surface area contributed by atoms with Crippen LogP contribution in [0.4, 0.5) is 5.69 Å². The Morgan fingerprint density at radius 1 is 1.10 bits per heavy atom. The van der Waals surface area contributed by atoms with Crippen molar-refractivity contribution in [3.05, 3.63) is 29.3 Å². The van der Waals surface area contributed by atoms with Crippen molar-refractivity contribution < 1.29 is 15.0 Å². The Bertz CT molecular complexity index is 507. The van der Waals surface area contributed by atoms with Crippen LogP contribution in [0.15, 0.2) is 18.2 Å². The lowest BCUT2D eigenvalue weighted by Gasteiger charge is -2.21. The van der Waals surface area contributed by atoms with Crippen molar-refractivity contribution >= 4 is 11.6 Å². The molecule has 0 aliphatic heterocycles. The second-order valence-corrected chi connectivity index (χ2v) is 6.54. The first-order valence-corrected chi connectivity index (χ1v) is 7.82. The van der Waals surface area contributed by atoms with Crippen LogP contribution in [-0.2, 0) is 18.0 Å². The molecule has 0 radical (unpaired) electrons. The molecule has 3 unspecified atom stereocenters. The maximum atomic E-state index is 12.2. The number of benzene rings is 1. The predicted molar refractivity (Wildman–Crippen MR) is 80.5 cm³/mol. The van der Waals surface area contributed by atoms with E-state index >= 15 is 0 Å². The second kappa shape index (κ2) is 6.16. The van der Waals surface area contributed by atoms with E-state index in [0.29, 0.717) is 29.2 Å². The van der Waals surface area contributed by atoms with Gasteiger partial charge in [-0.05, 0) is 60.3 Å². The molecule has 114 valence electrons. The molecule has 21 heavy (non-hydrogen) atoms. The molecule has 1 aromatic rings. The summed E-state index contributed by atoms with van der Waals surface area (Å²) in [5.41, 5.74) is 2.08. The average molecular weight is 289 g/mol. The van der Waals surface area contributed by atoms with Crippen LogP contribution in [0.25, 0.3) is 0 Å². The van der Waals surface area contributed by atoms with Gasteiger partial charge in [-0.3, -0.25) is 4.79 Å². The SMILES string of the molecule is O=C(CC1CC2CCC1C2)Nc1cc(CO)cc(CO)c1. The molecule has 2 fully saturated rings. The smallest absolute Gasteiger partial charge is 0.224 e. The third-order valence-corrected chi connectivity index (χ3v) is 5.03. The van der Waals surface area contributed by atoms with Crippen molar-refractivity contribution in [2.45, 2.75) is 45.3 Å². The van der Waals surface area contributed by atoms with Crippen LogP contribution >= 0.6 is 0 Å². The molecule has 2 aliphatic carbocycles. The van der Waals surface area contributed by atoms with E-state index in [-0.39, 0.29) is 19.1 Å². The van der Waals surface area contributed by atoms with Crippen LogP contribution in [0.2, 0.25) is 0 Å². The van der Waals surface area contributed by atoms with Gasteiger partial charge in [0.15, 0.2) is 0 Å². The van der Waals surface area contributed by atoms with E-state index in [1.165, 1.54) is 25.7 Å². The summed E-state index contributed by atoms with van der Waals surface area (Å²) in [6.07, 6.45) is 5.75. The molecule has 0 heterocycles. The van der Waals surface area contributed by atoms with E-state index in [9.17, 15) is 15.0 Å². The Kier molecular flexibility index (Phi) is 4.27. The Morgan fingerprint density at radius 3 is 2.33 bits per heavy atom. The fraction of sp³-hybridized carbons (Fsp3) is 0.588. The fourth-order valence-corrected chi connectivity index (χ4v) is 4.09. The Labute approximate surface area is 125 Å². The normalized spacial score (nSPS) is 27.0. The minimum Gasteiger partial charge on any atom is -0.392 e. The summed E-state index contributed by atoms with van der Waals surface area (Å²) in [6.45, 7) is -0.188. The first-order valence-electron chi connectivity index (χ1n) is 7.82. The number of aliphatic hydroxyl groups excluding tert-OH is 2. The molecule has 3 atom stereocenters.